The summed E-state index contributed by atoms with van der Waals surface area (Å²) in [5, 5.41) is 13.3. The minimum absolute atomic E-state index is 0.0555. The van der Waals surface area contributed by atoms with Gasteiger partial charge in [-0.1, -0.05) is 6.07 Å². The van der Waals surface area contributed by atoms with Crippen molar-refractivity contribution in [1.29, 1.82) is 0 Å². The molecule has 0 saturated heterocycles. The zero-order chi connectivity index (χ0) is 22.5. The summed E-state index contributed by atoms with van der Waals surface area (Å²) in [6, 6.07) is 10.3. The predicted molar refractivity (Wildman–Crippen MR) is 124 cm³/mol. The van der Waals surface area contributed by atoms with Crippen LogP contribution in [0.1, 0.15) is 30.5 Å². The lowest BCUT2D eigenvalue weighted by Crippen LogP contribution is -2.16. The molecule has 0 unspecified atom stereocenters. The van der Waals surface area contributed by atoms with Gasteiger partial charge in [0.15, 0.2) is 0 Å². The smallest absolute Gasteiger partial charge is 0.268 e. The Bertz CT molecular complexity index is 1340. The Hall–Kier alpha value is -2.96. The number of halogens is 1. The number of ether oxygens (including phenoxy) is 1. The second-order valence-corrected chi connectivity index (χ2v) is 9.28. The Morgan fingerprint density at radius 3 is 2.39 bits per heavy atom. The standard InChI is InChI=1S/C25H24FNO3S/c1-14-10-17(26)11-15(2)22(14)30-21-7-6-16(25(3,4)29)12-19(21)20-13-27(5)24(28)23-18(20)8-9-31-23/h6-13,29H,1-5H3. The van der Waals surface area contributed by atoms with Crippen LogP contribution in [0.3, 0.4) is 0 Å². The van der Waals surface area contributed by atoms with Gasteiger partial charge in [-0.15, -0.1) is 11.3 Å². The van der Waals surface area contributed by atoms with Gasteiger partial charge in [-0.3, -0.25) is 4.79 Å². The molecule has 4 rings (SSSR count). The fourth-order valence-corrected chi connectivity index (χ4v) is 4.65. The molecule has 0 atom stereocenters. The monoisotopic (exact) mass is 437 g/mol. The van der Waals surface area contributed by atoms with Gasteiger partial charge in [0.1, 0.15) is 22.0 Å². The van der Waals surface area contributed by atoms with Gasteiger partial charge in [-0.05, 0) is 80.1 Å². The molecule has 0 spiro atoms. The molecule has 0 radical (unpaired) electrons. The van der Waals surface area contributed by atoms with Crippen LogP contribution >= 0.6 is 11.3 Å². The molecule has 0 fully saturated rings. The molecule has 2 heterocycles. The second kappa shape index (κ2) is 7.62. The number of aliphatic hydroxyl groups is 1. The first kappa shape index (κ1) is 21.3. The van der Waals surface area contributed by atoms with Crippen molar-refractivity contribution in [3.63, 3.8) is 0 Å². The van der Waals surface area contributed by atoms with E-state index in [-0.39, 0.29) is 11.4 Å². The molecule has 4 aromatic rings. The fourth-order valence-electron chi connectivity index (χ4n) is 3.76. The van der Waals surface area contributed by atoms with Crippen LogP contribution < -0.4 is 10.3 Å². The molecular formula is C25H24FNO3S. The number of thiophene rings is 1. The summed E-state index contributed by atoms with van der Waals surface area (Å²) in [4.78, 5) is 12.6. The van der Waals surface area contributed by atoms with Crippen molar-refractivity contribution in [1.82, 2.24) is 4.57 Å². The van der Waals surface area contributed by atoms with Gasteiger partial charge in [0, 0.05) is 29.8 Å². The normalized spacial score (nSPS) is 11.8. The summed E-state index contributed by atoms with van der Waals surface area (Å²) < 4.78 is 22.3. The second-order valence-electron chi connectivity index (χ2n) is 8.36. The third kappa shape index (κ3) is 3.89. The number of aryl methyl sites for hydroxylation is 3. The first-order valence-electron chi connectivity index (χ1n) is 9.95. The average molecular weight is 438 g/mol. The van der Waals surface area contributed by atoms with Crippen LogP contribution in [-0.4, -0.2) is 9.67 Å². The van der Waals surface area contributed by atoms with Crippen LogP contribution in [0, 0.1) is 19.7 Å². The Balaban J connectivity index is 1.98. The summed E-state index contributed by atoms with van der Waals surface area (Å²) in [6.45, 7) is 7.06. The Morgan fingerprint density at radius 2 is 1.74 bits per heavy atom. The molecule has 31 heavy (non-hydrogen) atoms. The van der Waals surface area contributed by atoms with Crippen molar-refractivity contribution in [2.24, 2.45) is 7.05 Å². The van der Waals surface area contributed by atoms with E-state index in [2.05, 4.69) is 0 Å². The highest BCUT2D eigenvalue weighted by Gasteiger charge is 2.22. The van der Waals surface area contributed by atoms with Gasteiger partial charge in [-0.25, -0.2) is 4.39 Å². The minimum Gasteiger partial charge on any atom is -0.456 e. The van der Waals surface area contributed by atoms with Gasteiger partial charge in [0.05, 0.1) is 5.60 Å². The summed E-state index contributed by atoms with van der Waals surface area (Å²) in [5.74, 6) is 0.847. The van der Waals surface area contributed by atoms with Crippen molar-refractivity contribution in [3.05, 3.63) is 80.8 Å². The van der Waals surface area contributed by atoms with Crippen LogP contribution in [0.4, 0.5) is 4.39 Å². The van der Waals surface area contributed by atoms with E-state index in [0.29, 0.717) is 27.3 Å². The number of fused-ring (bicyclic) bond motifs is 1. The Morgan fingerprint density at radius 1 is 1.06 bits per heavy atom. The molecule has 160 valence electrons. The van der Waals surface area contributed by atoms with E-state index in [0.717, 1.165) is 22.1 Å². The lowest BCUT2D eigenvalue weighted by molar-refractivity contribution is 0.0786. The molecule has 0 aliphatic heterocycles. The quantitative estimate of drug-likeness (QED) is 0.423. The zero-order valence-electron chi connectivity index (χ0n) is 18.1. The lowest BCUT2D eigenvalue weighted by atomic mass is 9.93. The highest BCUT2D eigenvalue weighted by molar-refractivity contribution is 7.17. The number of pyridine rings is 1. The number of hydrogen-bond acceptors (Lipinski definition) is 4. The molecule has 0 aliphatic rings. The van der Waals surface area contributed by atoms with Crippen LogP contribution in [0.5, 0.6) is 11.5 Å². The van der Waals surface area contributed by atoms with Crippen molar-refractivity contribution in [2.45, 2.75) is 33.3 Å². The van der Waals surface area contributed by atoms with Crippen LogP contribution in [0.2, 0.25) is 0 Å². The van der Waals surface area contributed by atoms with Crippen LogP contribution in [-0.2, 0) is 12.6 Å². The molecule has 4 nitrogen and oxygen atoms in total. The van der Waals surface area contributed by atoms with Gasteiger partial charge < -0.3 is 14.4 Å². The average Bonchev–Trinajstić information content (AvgIpc) is 3.17. The van der Waals surface area contributed by atoms with Crippen molar-refractivity contribution < 1.29 is 14.2 Å². The van der Waals surface area contributed by atoms with E-state index in [1.54, 1.807) is 45.5 Å². The van der Waals surface area contributed by atoms with Crippen LogP contribution in [0.15, 0.2) is 52.8 Å². The van der Waals surface area contributed by atoms with E-state index in [9.17, 15) is 14.3 Å². The zero-order valence-corrected chi connectivity index (χ0v) is 18.9. The number of aromatic nitrogens is 1. The molecule has 2 aromatic heterocycles. The van der Waals surface area contributed by atoms with Crippen molar-refractivity contribution in [2.75, 3.05) is 0 Å². The summed E-state index contributed by atoms with van der Waals surface area (Å²) in [5.41, 5.74) is 2.58. The van der Waals surface area contributed by atoms with Gasteiger partial charge in [-0.2, -0.15) is 0 Å². The van der Waals surface area contributed by atoms with Gasteiger partial charge in [0.2, 0.25) is 0 Å². The largest absolute Gasteiger partial charge is 0.456 e. The summed E-state index contributed by atoms with van der Waals surface area (Å²) >= 11 is 1.40. The molecular weight excluding hydrogens is 413 g/mol. The van der Waals surface area contributed by atoms with E-state index in [1.165, 1.54) is 23.5 Å². The molecule has 6 heteroatoms. The predicted octanol–water partition coefficient (Wildman–Crippen LogP) is 6.04. The highest BCUT2D eigenvalue weighted by Crippen LogP contribution is 2.41. The van der Waals surface area contributed by atoms with E-state index >= 15 is 0 Å². The first-order chi connectivity index (χ1) is 14.6. The molecule has 0 amide bonds. The van der Waals surface area contributed by atoms with E-state index in [4.69, 9.17) is 4.74 Å². The number of hydrogen-bond donors (Lipinski definition) is 1. The number of rotatable bonds is 4. The number of benzene rings is 2. The Kier molecular flexibility index (Phi) is 5.23. The lowest BCUT2D eigenvalue weighted by Gasteiger charge is -2.22. The van der Waals surface area contributed by atoms with Crippen LogP contribution in [0.25, 0.3) is 21.2 Å². The van der Waals surface area contributed by atoms with E-state index < -0.39 is 5.60 Å². The van der Waals surface area contributed by atoms with E-state index in [1.807, 2.05) is 29.6 Å². The fraction of sp³-hybridized carbons (Fsp3) is 0.240. The third-order valence-electron chi connectivity index (χ3n) is 5.41. The molecule has 0 aliphatic carbocycles. The third-order valence-corrected chi connectivity index (χ3v) is 6.31. The van der Waals surface area contributed by atoms with Crippen molar-refractivity contribution >= 4 is 21.4 Å². The maximum absolute atomic E-state index is 13.8. The van der Waals surface area contributed by atoms with Gasteiger partial charge >= 0.3 is 0 Å². The van der Waals surface area contributed by atoms with Gasteiger partial charge in [0.25, 0.3) is 5.56 Å². The molecule has 0 bridgehead atoms. The molecule has 1 N–H and O–H groups in total. The summed E-state index contributed by atoms with van der Waals surface area (Å²) in [7, 11) is 1.72. The maximum Gasteiger partial charge on any atom is 0.268 e. The first-order valence-corrected chi connectivity index (χ1v) is 10.8. The molecule has 2 aromatic carbocycles. The maximum atomic E-state index is 13.8. The topological polar surface area (TPSA) is 51.5 Å². The van der Waals surface area contributed by atoms with Crippen molar-refractivity contribution in [3.8, 4) is 22.6 Å². The number of nitrogens with zero attached hydrogens (tertiary/aromatic N) is 1. The molecule has 0 saturated carbocycles. The highest BCUT2D eigenvalue weighted by atomic mass is 32.1. The SMILES string of the molecule is Cc1cc(F)cc(C)c1Oc1ccc(C(C)(C)O)cc1-c1cn(C)c(=O)c2sccc12. The summed E-state index contributed by atoms with van der Waals surface area (Å²) in [6.07, 6.45) is 1.79. The Labute approximate surface area is 184 Å². The minimum atomic E-state index is -1.05.